The maximum atomic E-state index is 11.7. The van der Waals surface area contributed by atoms with Gasteiger partial charge in [0.1, 0.15) is 6.61 Å². The molecule has 0 amide bonds. The summed E-state index contributed by atoms with van der Waals surface area (Å²) in [6.07, 6.45) is -0.938. The first-order valence-corrected chi connectivity index (χ1v) is 7.79. The van der Waals surface area contributed by atoms with Crippen LogP contribution in [0.15, 0.2) is 42.5 Å². The molecule has 0 spiro atoms. The molecule has 0 heterocycles. The normalized spacial score (nSPS) is 11.4. The Morgan fingerprint density at radius 1 is 1.12 bits per heavy atom. The van der Waals surface area contributed by atoms with Gasteiger partial charge in [-0.3, -0.25) is 4.79 Å². The van der Waals surface area contributed by atoms with Gasteiger partial charge < -0.3 is 19.3 Å². The highest BCUT2D eigenvalue weighted by Crippen LogP contribution is 2.05. The molecule has 0 fully saturated rings. The lowest BCUT2D eigenvalue weighted by molar-refractivity contribution is -0.165. The zero-order valence-corrected chi connectivity index (χ0v) is 14.1. The van der Waals surface area contributed by atoms with Crippen molar-refractivity contribution in [3.05, 3.63) is 48.0 Å². The van der Waals surface area contributed by atoms with E-state index in [1.54, 1.807) is 0 Å². The second kappa shape index (κ2) is 11.0. The lowest BCUT2D eigenvalue weighted by Crippen LogP contribution is -2.28. The van der Waals surface area contributed by atoms with Gasteiger partial charge >= 0.3 is 17.9 Å². The quantitative estimate of drug-likeness (QED) is 0.369. The number of benzene rings is 1. The van der Waals surface area contributed by atoms with E-state index in [1.807, 2.05) is 30.3 Å². The number of carbonyl (C=O) groups is 3. The summed E-state index contributed by atoms with van der Waals surface area (Å²) in [5, 5.41) is 8.56. The van der Waals surface area contributed by atoms with Crippen molar-refractivity contribution < 1.29 is 33.7 Å². The lowest BCUT2D eigenvalue weighted by Gasteiger charge is -2.13. The van der Waals surface area contributed by atoms with Crippen molar-refractivity contribution in [2.45, 2.75) is 25.9 Å². The van der Waals surface area contributed by atoms with Crippen molar-refractivity contribution in [3.8, 4) is 0 Å². The fourth-order valence-corrected chi connectivity index (χ4v) is 1.80. The van der Waals surface area contributed by atoms with Gasteiger partial charge in [-0.15, -0.1) is 0 Å². The van der Waals surface area contributed by atoms with Crippen LogP contribution in [-0.4, -0.2) is 48.9 Å². The van der Waals surface area contributed by atoms with Crippen LogP contribution in [0.25, 0.3) is 0 Å². The molecule has 1 unspecified atom stereocenters. The van der Waals surface area contributed by atoms with Crippen molar-refractivity contribution in [1.29, 1.82) is 0 Å². The highest BCUT2D eigenvalue weighted by molar-refractivity contribution is 5.94. The van der Waals surface area contributed by atoms with Crippen molar-refractivity contribution >= 4 is 17.9 Å². The first-order chi connectivity index (χ1) is 11.9. The molecule has 7 nitrogen and oxygen atoms in total. The number of hydrogen-bond acceptors (Lipinski definition) is 6. The minimum atomic E-state index is -1.20. The highest BCUT2D eigenvalue weighted by Gasteiger charge is 2.21. The van der Waals surface area contributed by atoms with E-state index in [0.717, 1.165) is 12.0 Å². The van der Waals surface area contributed by atoms with Gasteiger partial charge in [-0.2, -0.15) is 0 Å². The molecular formula is C18H22O7. The van der Waals surface area contributed by atoms with Gasteiger partial charge in [-0.25, -0.2) is 9.59 Å². The average Bonchev–Trinajstić information content (AvgIpc) is 2.57. The van der Waals surface area contributed by atoms with Gasteiger partial charge in [-0.05, 0) is 18.9 Å². The molecule has 0 saturated heterocycles. The summed E-state index contributed by atoms with van der Waals surface area (Å²) >= 11 is 0. The van der Waals surface area contributed by atoms with Crippen molar-refractivity contribution in [1.82, 2.24) is 0 Å². The summed E-state index contributed by atoms with van der Waals surface area (Å²) in [6, 6.07) is 9.83. The number of carboxylic acid groups (broad SMARTS) is 1. The predicted molar refractivity (Wildman–Crippen MR) is 88.9 cm³/mol. The van der Waals surface area contributed by atoms with Crippen molar-refractivity contribution in [3.63, 3.8) is 0 Å². The molecular weight excluding hydrogens is 328 g/mol. The van der Waals surface area contributed by atoms with Gasteiger partial charge in [0.05, 0.1) is 19.6 Å². The van der Waals surface area contributed by atoms with Crippen LogP contribution in [0.4, 0.5) is 0 Å². The molecule has 7 heteroatoms. The Morgan fingerprint density at radius 2 is 1.80 bits per heavy atom. The topological polar surface area (TPSA) is 99.1 Å². The Balaban J connectivity index is 2.15. The van der Waals surface area contributed by atoms with Crippen LogP contribution < -0.4 is 0 Å². The Labute approximate surface area is 146 Å². The van der Waals surface area contributed by atoms with Crippen LogP contribution in [0.1, 0.15) is 18.9 Å². The minimum Gasteiger partial charge on any atom is -0.481 e. The molecule has 1 N–H and O–H groups in total. The molecule has 1 rings (SSSR count). The smallest absolute Gasteiger partial charge is 0.347 e. The van der Waals surface area contributed by atoms with E-state index in [4.69, 9.17) is 19.3 Å². The van der Waals surface area contributed by atoms with Crippen molar-refractivity contribution in [2.75, 3.05) is 19.8 Å². The summed E-state index contributed by atoms with van der Waals surface area (Å²) in [5.74, 6) is -2.88. The summed E-state index contributed by atoms with van der Waals surface area (Å²) in [7, 11) is 0. The number of carboxylic acids is 1. The zero-order valence-electron chi connectivity index (χ0n) is 14.1. The monoisotopic (exact) mass is 350 g/mol. The van der Waals surface area contributed by atoms with Crippen LogP contribution in [0, 0.1) is 0 Å². The van der Waals surface area contributed by atoms with Gasteiger partial charge in [0.2, 0.25) is 0 Å². The third-order valence-electron chi connectivity index (χ3n) is 3.12. The second-order valence-electron chi connectivity index (χ2n) is 5.24. The molecule has 0 aliphatic carbocycles. The molecule has 1 atom stereocenters. The summed E-state index contributed by atoms with van der Waals surface area (Å²) in [6.45, 7) is 5.40. The Bertz CT molecular complexity index is 595. The molecule has 25 heavy (non-hydrogen) atoms. The number of ether oxygens (including phenoxy) is 3. The maximum Gasteiger partial charge on any atom is 0.347 e. The summed E-state index contributed by atoms with van der Waals surface area (Å²) < 4.78 is 15.1. The molecule has 0 aromatic heterocycles. The van der Waals surface area contributed by atoms with Crippen LogP contribution in [0.2, 0.25) is 0 Å². The SMILES string of the molecule is C=C(CC(=O)O)C(=O)OC(C)C(=O)OCCOCCc1ccccc1. The Morgan fingerprint density at radius 3 is 2.44 bits per heavy atom. The first-order valence-electron chi connectivity index (χ1n) is 7.79. The Hall–Kier alpha value is -2.67. The van der Waals surface area contributed by atoms with Crippen LogP contribution in [0.3, 0.4) is 0 Å². The standard InChI is InChI=1S/C18H22O7/c1-13(12-16(19)20)17(21)25-14(2)18(22)24-11-10-23-9-8-15-6-4-3-5-7-15/h3-7,14H,1,8-12H2,2H3,(H,19,20). The van der Waals surface area contributed by atoms with E-state index in [1.165, 1.54) is 6.92 Å². The van der Waals surface area contributed by atoms with Gasteiger partial charge in [0, 0.05) is 5.57 Å². The summed E-state index contributed by atoms with van der Waals surface area (Å²) in [4.78, 5) is 33.7. The van der Waals surface area contributed by atoms with Crippen LogP contribution in [-0.2, 0) is 35.0 Å². The third-order valence-corrected chi connectivity index (χ3v) is 3.12. The molecule has 1 aromatic carbocycles. The zero-order chi connectivity index (χ0) is 18.7. The van der Waals surface area contributed by atoms with E-state index in [2.05, 4.69) is 6.58 Å². The first kappa shape index (κ1) is 20.4. The van der Waals surface area contributed by atoms with E-state index in [9.17, 15) is 14.4 Å². The van der Waals surface area contributed by atoms with E-state index in [-0.39, 0.29) is 18.8 Å². The van der Waals surface area contributed by atoms with Gasteiger partial charge in [0.25, 0.3) is 0 Å². The fourth-order valence-electron chi connectivity index (χ4n) is 1.80. The van der Waals surface area contributed by atoms with Gasteiger partial charge in [-0.1, -0.05) is 36.9 Å². The number of carbonyl (C=O) groups excluding carboxylic acids is 2. The average molecular weight is 350 g/mol. The number of hydrogen-bond donors (Lipinski definition) is 1. The molecule has 1 aromatic rings. The molecule has 0 aliphatic heterocycles. The minimum absolute atomic E-state index is 0.0333. The number of esters is 2. The molecule has 0 aliphatic rings. The Kier molecular flexibility index (Phi) is 8.95. The number of rotatable bonds is 11. The van der Waals surface area contributed by atoms with Crippen LogP contribution >= 0.6 is 0 Å². The lowest BCUT2D eigenvalue weighted by atomic mass is 10.2. The summed E-state index contributed by atoms with van der Waals surface area (Å²) in [5.41, 5.74) is 0.915. The molecule has 0 saturated carbocycles. The van der Waals surface area contributed by atoms with E-state index >= 15 is 0 Å². The molecule has 136 valence electrons. The van der Waals surface area contributed by atoms with E-state index < -0.39 is 30.4 Å². The maximum absolute atomic E-state index is 11.7. The van der Waals surface area contributed by atoms with Crippen LogP contribution in [0.5, 0.6) is 0 Å². The predicted octanol–water partition coefficient (Wildman–Crippen LogP) is 1.75. The van der Waals surface area contributed by atoms with Crippen molar-refractivity contribution in [2.24, 2.45) is 0 Å². The molecule has 0 radical (unpaired) electrons. The van der Waals surface area contributed by atoms with E-state index in [0.29, 0.717) is 6.61 Å². The van der Waals surface area contributed by atoms with Gasteiger partial charge in [0.15, 0.2) is 6.10 Å². The highest BCUT2D eigenvalue weighted by atomic mass is 16.6. The largest absolute Gasteiger partial charge is 0.481 e. The molecule has 0 bridgehead atoms. The third kappa shape index (κ3) is 8.66. The second-order valence-corrected chi connectivity index (χ2v) is 5.24. The fraction of sp³-hybridized carbons (Fsp3) is 0.389. The number of aliphatic carboxylic acids is 1.